The highest BCUT2D eigenvalue weighted by molar-refractivity contribution is 6.00. The number of rotatable bonds is 14. The van der Waals surface area contributed by atoms with Gasteiger partial charge in [-0.15, -0.1) is 0 Å². The van der Waals surface area contributed by atoms with Crippen LogP contribution >= 0.6 is 0 Å². The van der Waals surface area contributed by atoms with Crippen molar-refractivity contribution in [1.29, 1.82) is 0 Å². The van der Waals surface area contributed by atoms with E-state index in [1.165, 1.54) is 61.6 Å². The molecule has 6 rings (SSSR count). The standard InChI is InChI=1S/C71H101F8N11O12/c1-16-40(7)58-66(99)85(13)43(10)62(95)89-30-27-51(89)65(98)88(18-3)54(35-44-21-24-46(25-22-44)70(74,75)76)64(97)83(11)38-55(91)80-50(26-23-45-33-48(72)57(49(73)34-45)71(77,78)79)63(96)90-37-47(102-19-4)36-53(90)61(94)82-69(28-20-29-69)68(101)87(15)59(41(8)17-2)67(100)84(12)42(9)32-56(92)86(14)52(31-39(5)6)60(93)81-58/h21-22,24-25,33-34,39-43,47,50-54,58-59H,16-20,23,26-32,35-38H2,1-15H3,(H,80,91)(H,81,93)(H,82,94)/t40-,41-,42+,43-,47+,50-,51-,52-,53-,54-,58-,59-/m0/s1. The van der Waals surface area contributed by atoms with E-state index in [1.807, 2.05) is 20.8 Å². The largest absolute Gasteiger partial charge is 0.422 e. The quantitative estimate of drug-likeness (QED) is 0.175. The molecule has 23 nitrogen and oxygen atoms in total. The fraction of sp³-hybridized carbons (Fsp3) is 0.676. The Kier molecular flexibility index (Phi) is 28.1. The van der Waals surface area contributed by atoms with E-state index in [4.69, 9.17) is 4.74 Å². The maximum absolute atomic E-state index is 15.3. The van der Waals surface area contributed by atoms with Crippen LogP contribution in [0.1, 0.15) is 156 Å². The van der Waals surface area contributed by atoms with E-state index in [2.05, 4.69) is 16.0 Å². The van der Waals surface area contributed by atoms with Crippen molar-refractivity contribution in [2.45, 2.75) is 225 Å². The van der Waals surface area contributed by atoms with E-state index in [0.717, 1.165) is 50.9 Å². The van der Waals surface area contributed by atoms with Crippen molar-refractivity contribution in [3.05, 3.63) is 70.3 Å². The summed E-state index contributed by atoms with van der Waals surface area (Å²) in [5, 5.41) is 8.29. The third-order valence-electron chi connectivity index (χ3n) is 20.9. The Hall–Kier alpha value is -7.99. The first-order chi connectivity index (χ1) is 47.6. The molecule has 1 saturated carbocycles. The van der Waals surface area contributed by atoms with Gasteiger partial charge in [0.2, 0.25) is 65.0 Å². The minimum atomic E-state index is -5.44. The lowest BCUT2D eigenvalue weighted by molar-refractivity contribution is -0.160. The lowest BCUT2D eigenvalue weighted by Crippen LogP contribution is -2.68. The van der Waals surface area contributed by atoms with Crippen molar-refractivity contribution in [3.63, 3.8) is 0 Å². The van der Waals surface area contributed by atoms with E-state index in [-0.39, 0.29) is 81.8 Å². The Morgan fingerprint density at radius 2 is 1.25 bits per heavy atom. The second kappa shape index (κ2) is 34.5. The SMILES string of the molecule is CCO[C@@H]1C[C@H]2C(=O)NC3(CCC3)C(=O)N(C)[C@@H]([C@@H](C)CC)C(=O)N(C)[C@H](C)CC(=O)N(C)[C@@H](CC(C)C)C(=O)N[C@@H]([C@@H](C)CC)C(=O)N(C)[C@@H](C)C(=O)N3CC[C@H]3C(=O)N(CC)[C@@H](Cc3ccc(C(F)(F)F)cc3)C(=O)N(C)CC(=O)N[C@@H](CCc3cc(F)c(C(F)(F)F)c(F)c3)C(=O)N2C1. The topological polar surface area (TPSA) is 259 Å². The molecule has 3 aliphatic heterocycles. The number of likely N-dealkylation sites (N-methyl/N-ethyl adjacent to an activating group) is 6. The summed E-state index contributed by atoms with van der Waals surface area (Å²) in [6.07, 6.45) is -11.7. The van der Waals surface area contributed by atoms with E-state index >= 15 is 32.8 Å². The van der Waals surface area contributed by atoms with Crippen LogP contribution in [-0.2, 0) is 82.7 Å². The van der Waals surface area contributed by atoms with Crippen LogP contribution in [0.15, 0.2) is 36.4 Å². The summed E-state index contributed by atoms with van der Waals surface area (Å²) in [4.78, 5) is 173. The van der Waals surface area contributed by atoms with Gasteiger partial charge in [-0.2, -0.15) is 26.3 Å². The second-order valence-corrected chi connectivity index (χ2v) is 28.3. The number of carbonyl (C=O) groups is 11. The summed E-state index contributed by atoms with van der Waals surface area (Å²) < 4.78 is 119. The minimum absolute atomic E-state index is 0.00416. The van der Waals surface area contributed by atoms with Crippen LogP contribution in [0, 0.1) is 29.4 Å². The monoisotopic (exact) mass is 1450 g/mol. The molecule has 0 unspecified atom stereocenters. The zero-order valence-electron chi connectivity index (χ0n) is 61.0. The van der Waals surface area contributed by atoms with Crippen LogP contribution in [0.5, 0.6) is 0 Å². The van der Waals surface area contributed by atoms with Gasteiger partial charge in [0.25, 0.3) is 0 Å². The van der Waals surface area contributed by atoms with Crippen LogP contribution in [0.2, 0.25) is 0 Å². The number of ether oxygens (including phenoxy) is 1. The van der Waals surface area contributed by atoms with Gasteiger partial charge >= 0.3 is 12.4 Å². The van der Waals surface area contributed by atoms with Crippen molar-refractivity contribution in [1.82, 2.24) is 55.1 Å². The number of carbonyl (C=O) groups excluding carboxylic acids is 11. The normalized spacial score (nSPS) is 26.6. The molecule has 2 aromatic rings. The van der Waals surface area contributed by atoms with Gasteiger partial charge in [0, 0.05) is 86.8 Å². The van der Waals surface area contributed by atoms with Gasteiger partial charge in [-0.3, -0.25) is 52.7 Å². The number of fused-ring (bicyclic) bond motifs is 2. The van der Waals surface area contributed by atoms with E-state index < -0.39 is 204 Å². The highest BCUT2D eigenvalue weighted by Gasteiger charge is 2.53. The minimum Gasteiger partial charge on any atom is -0.377 e. The molecule has 2 aromatic carbocycles. The molecule has 4 aliphatic rings. The van der Waals surface area contributed by atoms with Gasteiger partial charge < -0.3 is 59.9 Å². The molecule has 31 heteroatoms. The van der Waals surface area contributed by atoms with Crippen LogP contribution < -0.4 is 16.0 Å². The lowest BCUT2D eigenvalue weighted by atomic mass is 9.74. The number of hydrogen-bond acceptors (Lipinski definition) is 12. The van der Waals surface area contributed by atoms with Gasteiger partial charge in [-0.25, -0.2) is 8.78 Å². The number of halogens is 8. The number of benzene rings is 2. The summed E-state index contributed by atoms with van der Waals surface area (Å²) in [5.74, 6) is -13.8. The van der Waals surface area contributed by atoms with Gasteiger partial charge in [0.05, 0.1) is 18.2 Å². The number of nitrogens with one attached hydrogen (secondary N) is 3. The molecule has 0 aromatic heterocycles. The van der Waals surface area contributed by atoms with E-state index in [1.54, 1.807) is 34.6 Å². The van der Waals surface area contributed by atoms with E-state index in [9.17, 15) is 55.1 Å². The third-order valence-corrected chi connectivity index (χ3v) is 20.9. The predicted octanol–water partition coefficient (Wildman–Crippen LogP) is 6.36. The molecule has 568 valence electrons. The zero-order chi connectivity index (χ0) is 76.5. The Morgan fingerprint density at radius 3 is 1.76 bits per heavy atom. The summed E-state index contributed by atoms with van der Waals surface area (Å²) in [6, 6.07) is -7.29. The van der Waals surface area contributed by atoms with Gasteiger partial charge in [0.1, 0.15) is 71.1 Å². The maximum atomic E-state index is 15.3. The fourth-order valence-corrected chi connectivity index (χ4v) is 13.7. The van der Waals surface area contributed by atoms with Crippen LogP contribution in [0.3, 0.4) is 0 Å². The molecule has 3 heterocycles. The number of amides is 11. The number of nitrogens with zero attached hydrogens (tertiary/aromatic N) is 8. The van der Waals surface area contributed by atoms with Crippen molar-refractivity contribution in [3.8, 4) is 0 Å². The molecule has 1 spiro atoms. The van der Waals surface area contributed by atoms with Crippen molar-refractivity contribution >= 4 is 65.0 Å². The van der Waals surface area contributed by atoms with Crippen molar-refractivity contribution in [2.75, 3.05) is 68.0 Å². The average molecular weight is 1450 g/mol. The van der Waals surface area contributed by atoms with Gasteiger partial charge in [-0.1, -0.05) is 66.5 Å². The van der Waals surface area contributed by atoms with Gasteiger partial charge in [-0.05, 0) is 126 Å². The molecular formula is C71H101F8N11O12. The Balaban J connectivity index is 1.47. The summed E-state index contributed by atoms with van der Waals surface area (Å²) in [6.45, 7) is 15.5. The number of aryl methyl sites for hydroxylation is 1. The molecule has 1 aliphatic carbocycles. The highest BCUT2D eigenvalue weighted by Crippen LogP contribution is 2.38. The zero-order valence-corrected chi connectivity index (χ0v) is 61.0. The number of hydrogen-bond donors (Lipinski definition) is 3. The van der Waals surface area contributed by atoms with Crippen LogP contribution in [-0.4, -0.2) is 238 Å². The fourth-order valence-electron chi connectivity index (χ4n) is 13.7. The Labute approximate surface area is 591 Å². The average Bonchev–Trinajstić information content (AvgIpc) is 1.15. The van der Waals surface area contributed by atoms with Crippen LogP contribution in [0.25, 0.3) is 0 Å². The number of alkyl halides is 6. The molecule has 3 N–H and O–H groups in total. The molecule has 102 heavy (non-hydrogen) atoms. The molecule has 3 saturated heterocycles. The first-order valence-electron chi connectivity index (χ1n) is 35.1. The predicted molar refractivity (Wildman–Crippen MR) is 358 cm³/mol. The maximum Gasteiger partial charge on any atom is 0.422 e. The van der Waals surface area contributed by atoms with Crippen LogP contribution in [0.4, 0.5) is 35.1 Å². The molecule has 4 fully saturated rings. The Morgan fingerprint density at radius 1 is 0.647 bits per heavy atom. The van der Waals surface area contributed by atoms with Gasteiger partial charge in [0.15, 0.2) is 0 Å². The second-order valence-electron chi connectivity index (χ2n) is 28.3. The molecule has 12 atom stereocenters. The molecule has 0 bridgehead atoms. The summed E-state index contributed by atoms with van der Waals surface area (Å²) in [7, 11) is 6.83. The smallest absolute Gasteiger partial charge is 0.377 e. The summed E-state index contributed by atoms with van der Waals surface area (Å²) >= 11 is 0. The molecular weight excluding hydrogens is 1350 g/mol. The molecule has 0 radical (unpaired) electrons. The Bertz CT molecular complexity index is 3370. The van der Waals surface area contributed by atoms with Crippen molar-refractivity contribution in [2.24, 2.45) is 17.8 Å². The first kappa shape index (κ1) is 83.0. The molecule has 11 amide bonds. The summed E-state index contributed by atoms with van der Waals surface area (Å²) in [5.41, 5.74) is -5.12. The van der Waals surface area contributed by atoms with E-state index in [0.29, 0.717) is 31.4 Å². The van der Waals surface area contributed by atoms with Crippen molar-refractivity contribution < 1.29 is 92.6 Å². The lowest BCUT2D eigenvalue weighted by Gasteiger charge is -2.46. The highest BCUT2D eigenvalue weighted by atomic mass is 19.4. The third kappa shape index (κ3) is 19.1. The first-order valence-corrected chi connectivity index (χ1v) is 35.1.